The Morgan fingerprint density at radius 3 is 2.17 bits per heavy atom. The smallest absolute Gasteiger partial charge is 0.159 e. The Labute approximate surface area is 107 Å². The summed E-state index contributed by atoms with van der Waals surface area (Å²) in [6, 6.07) is 9.51. The van der Waals surface area contributed by atoms with E-state index in [2.05, 4.69) is 25.9 Å². The Kier molecular flexibility index (Phi) is 3.07. The molecule has 0 saturated carbocycles. The number of hydrogen-bond donors (Lipinski definition) is 0. The van der Waals surface area contributed by atoms with Crippen molar-refractivity contribution in [3.63, 3.8) is 0 Å². The lowest BCUT2D eigenvalue weighted by Crippen LogP contribution is -2.12. The average molecular weight is 242 g/mol. The van der Waals surface area contributed by atoms with Crippen LogP contribution in [-0.4, -0.2) is 15.6 Å². The lowest BCUT2D eigenvalue weighted by atomic mass is 9.93. The molecule has 0 aliphatic heterocycles. The first-order chi connectivity index (χ1) is 8.38. The molecule has 0 radical (unpaired) electrons. The highest BCUT2D eigenvalue weighted by Crippen LogP contribution is 2.21. The number of benzene rings is 1. The van der Waals surface area contributed by atoms with Crippen LogP contribution in [0.5, 0.6) is 0 Å². The minimum atomic E-state index is 0.0462. The van der Waals surface area contributed by atoms with Crippen LogP contribution in [0.25, 0.3) is 5.69 Å². The molecule has 1 heterocycles. The number of Topliss-reactive ketones (excluding diaryl/α,β-unsaturated/α-hetero) is 1. The van der Waals surface area contributed by atoms with Gasteiger partial charge < -0.3 is 0 Å². The van der Waals surface area contributed by atoms with E-state index in [1.54, 1.807) is 6.92 Å². The van der Waals surface area contributed by atoms with E-state index in [0.717, 1.165) is 16.9 Å². The topological polar surface area (TPSA) is 34.9 Å². The fraction of sp³-hybridized carbons (Fsp3) is 0.333. The maximum Gasteiger partial charge on any atom is 0.159 e. The summed E-state index contributed by atoms with van der Waals surface area (Å²) in [7, 11) is 0. The van der Waals surface area contributed by atoms with E-state index in [4.69, 9.17) is 0 Å². The van der Waals surface area contributed by atoms with Crippen molar-refractivity contribution in [3.05, 3.63) is 47.8 Å². The summed E-state index contributed by atoms with van der Waals surface area (Å²) >= 11 is 0. The summed E-state index contributed by atoms with van der Waals surface area (Å²) < 4.78 is 1.84. The van der Waals surface area contributed by atoms with Crippen molar-refractivity contribution in [2.75, 3.05) is 0 Å². The molecule has 3 nitrogen and oxygen atoms in total. The molecule has 0 aliphatic rings. The van der Waals surface area contributed by atoms with Crippen LogP contribution in [0.1, 0.15) is 43.7 Å². The molecule has 0 amide bonds. The fourth-order valence-corrected chi connectivity index (χ4v) is 1.72. The Bertz CT molecular complexity index is 559. The normalized spacial score (nSPS) is 11.6. The second-order valence-electron chi connectivity index (χ2n) is 5.50. The molecule has 94 valence electrons. The highest BCUT2D eigenvalue weighted by atomic mass is 16.1. The lowest BCUT2D eigenvalue weighted by molar-refractivity contribution is 0.101. The van der Waals surface area contributed by atoms with Crippen LogP contribution in [0.15, 0.2) is 36.5 Å². The van der Waals surface area contributed by atoms with Crippen LogP contribution in [0.2, 0.25) is 0 Å². The monoisotopic (exact) mass is 242 g/mol. The quantitative estimate of drug-likeness (QED) is 0.757. The number of aromatic nitrogens is 2. The number of carbonyl (C=O) groups excluding carboxylic acids is 1. The minimum Gasteiger partial charge on any atom is -0.295 e. The van der Waals surface area contributed by atoms with Crippen molar-refractivity contribution in [2.45, 2.75) is 33.1 Å². The Morgan fingerprint density at radius 2 is 1.72 bits per heavy atom. The largest absolute Gasteiger partial charge is 0.295 e. The molecule has 0 atom stereocenters. The first-order valence-electron chi connectivity index (χ1n) is 6.05. The van der Waals surface area contributed by atoms with E-state index in [9.17, 15) is 4.79 Å². The van der Waals surface area contributed by atoms with E-state index >= 15 is 0 Å². The molecule has 0 bridgehead atoms. The maximum absolute atomic E-state index is 11.2. The van der Waals surface area contributed by atoms with Crippen LogP contribution in [0.3, 0.4) is 0 Å². The number of ketones is 1. The molecular formula is C15H18N2O. The minimum absolute atomic E-state index is 0.0462. The van der Waals surface area contributed by atoms with Crippen molar-refractivity contribution in [1.29, 1.82) is 0 Å². The maximum atomic E-state index is 11.2. The van der Waals surface area contributed by atoms with Gasteiger partial charge in [-0.15, -0.1) is 0 Å². The molecule has 0 aliphatic carbocycles. The zero-order valence-corrected chi connectivity index (χ0v) is 11.3. The molecule has 0 N–H and O–H groups in total. The van der Waals surface area contributed by atoms with Gasteiger partial charge in [-0.05, 0) is 37.3 Å². The predicted octanol–water partition coefficient (Wildman–Crippen LogP) is 3.37. The van der Waals surface area contributed by atoms with E-state index < -0.39 is 0 Å². The molecular weight excluding hydrogens is 224 g/mol. The summed E-state index contributed by atoms with van der Waals surface area (Å²) in [5, 5.41) is 4.56. The van der Waals surface area contributed by atoms with Crippen molar-refractivity contribution in [2.24, 2.45) is 0 Å². The van der Waals surface area contributed by atoms with E-state index in [1.807, 2.05) is 41.2 Å². The molecule has 18 heavy (non-hydrogen) atoms. The third-order valence-electron chi connectivity index (χ3n) is 2.90. The van der Waals surface area contributed by atoms with E-state index in [0.29, 0.717) is 0 Å². The number of carbonyl (C=O) groups is 1. The van der Waals surface area contributed by atoms with Crippen LogP contribution in [0, 0.1) is 0 Å². The molecule has 3 heteroatoms. The summed E-state index contributed by atoms with van der Waals surface area (Å²) in [6.07, 6.45) is 1.95. The number of rotatable bonds is 2. The summed E-state index contributed by atoms with van der Waals surface area (Å²) in [4.78, 5) is 11.2. The molecule has 1 aromatic heterocycles. The van der Waals surface area contributed by atoms with Gasteiger partial charge in [-0.25, -0.2) is 4.68 Å². The van der Waals surface area contributed by atoms with Gasteiger partial charge in [-0.3, -0.25) is 4.79 Å². The molecule has 0 spiro atoms. The Balaban J connectivity index is 2.32. The fourth-order valence-electron chi connectivity index (χ4n) is 1.72. The highest BCUT2D eigenvalue weighted by molar-refractivity contribution is 5.94. The van der Waals surface area contributed by atoms with Crippen molar-refractivity contribution in [1.82, 2.24) is 9.78 Å². The van der Waals surface area contributed by atoms with Gasteiger partial charge in [0.1, 0.15) is 0 Å². The zero-order chi connectivity index (χ0) is 13.3. The summed E-state index contributed by atoms with van der Waals surface area (Å²) in [6.45, 7) is 7.98. The average Bonchev–Trinajstić information content (AvgIpc) is 2.78. The second kappa shape index (κ2) is 4.41. The Morgan fingerprint density at radius 1 is 1.11 bits per heavy atom. The number of hydrogen-bond acceptors (Lipinski definition) is 2. The van der Waals surface area contributed by atoms with E-state index in [1.165, 1.54) is 0 Å². The van der Waals surface area contributed by atoms with E-state index in [-0.39, 0.29) is 11.2 Å². The standard InChI is InChI=1S/C15H18N2O/c1-11(18)12-5-7-13(8-6-12)17-10-9-14(16-17)15(2,3)4/h5-10H,1-4H3. The van der Waals surface area contributed by atoms with Gasteiger partial charge in [0.05, 0.1) is 11.4 Å². The highest BCUT2D eigenvalue weighted by Gasteiger charge is 2.16. The molecule has 0 unspecified atom stereocenters. The zero-order valence-electron chi connectivity index (χ0n) is 11.3. The van der Waals surface area contributed by atoms with Gasteiger partial charge in [0.15, 0.2) is 5.78 Å². The van der Waals surface area contributed by atoms with Gasteiger partial charge in [0, 0.05) is 17.2 Å². The lowest BCUT2D eigenvalue weighted by Gasteiger charge is -2.14. The van der Waals surface area contributed by atoms with Crippen molar-refractivity contribution < 1.29 is 4.79 Å². The van der Waals surface area contributed by atoms with Crippen LogP contribution in [0.4, 0.5) is 0 Å². The van der Waals surface area contributed by atoms with Crippen LogP contribution in [-0.2, 0) is 5.41 Å². The Hall–Kier alpha value is -1.90. The molecule has 2 aromatic rings. The molecule has 0 saturated heterocycles. The van der Waals surface area contributed by atoms with Gasteiger partial charge in [-0.2, -0.15) is 5.10 Å². The molecule has 2 rings (SSSR count). The summed E-state index contributed by atoms with van der Waals surface area (Å²) in [5.41, 5.74) is 2.79. The SMILES string of the molecule is CC(=O)c1ccc(-n2ccc(C(C)(C)C)n2)cc1. The summed E-state index contributed by atoms with van der Waals surface area (Å²) in [5.74, 6) is 0.0809. The first-order valence-corrected chi connectivity index (χ1v) is 6.05. The third kappa shape index (κ3) is 2.50. The predicted molar refractivity (Wildman–Crippen MR) is 72.3 cm³/mol. The van der Waals surface area contributed by atoms with Crippen molar-refractivity contribution >= 4 is 5.78 Å². The molecule has 1 aromatic carbocycles. The van der Waals surface area contributed by atoms with Gasteiger partial charge in [0.2, 0.25) is 0 Å². The third-order valence-corrected chi connectivity index (χ3v) is 2.90. The van der Waals surface area contributed by atoms with Gasteiger partial charge in [-0.1, -0.05) is 20.8 Å². The first kappa shape index (κ1) is 12.6. The van der Waals surface area contributed by atoms with Gasteiger partial charge >= 0.3 is 0 Å². The number of nitrogens with zero attached hydrogens (tertiary/aromatic N) is 2. The van der Waals surface area contributed by atoms with Gasteiger partial charge in [0.25, 0.3) is 0 Å². The van der Waals surface area contributed by atoms with Crippen LogP contribution >= 0.6 is 0 Å². The second-order valence-corrected chi connectivity index (χ2v) is 5.50. The molecule has 0 fully saturated rings. The van der Waals surface area contributed by atoms with Crippen LogP contribution < -0.4 is 0 Å². The van der Waals surface area contributed by atoms with Crippen molar-refractivity contribution in [3.8, 4) is 5.69 Å².